The molecule has 0 spiro atoms. The van der Waals surface area contributed by atoms with Crippen LogP contribution in [0.5, 0.6) is 5.75 Å². The maximum Gasteiger partial charge on any atom is 0.151 e. The van der Waals surface area contributed by atoms with Crippen LogP contribution in [0.1, 0.15) is 62.8 Å². The minimum atomic E-state index is 0.627. The first-order chi connectivity index (χ1) is 9.83. The van der Waals surface area contributed by atoms with Gasteiger partial charge < -0.3 is 4.84 Å². The Hall–Kier alpha value is -0.730. The standard InChI is InChI=1S/C17H24ClNO/c18-15-9-10-17(20-19-11-5-2-6-12-19)16(13-15)14-7-3-1-4-8-14/h9-10,13-14H,1-8,11-12H2. The van der Waals surface area contributed by atoms with E-state index in [-0.39, 0.29) is 0 Å². The summed E-state index contributed by atoms with van der Waals surface area (Å²) in [7, 11) is 0. The van der Waals surface area contributed by atoms with Gasteiger partial charge in [0.05, 0.1) is 0 Å². The first-order valence-electron chi connectivity index (χ1n) is 8.05. The number of nitrogens with zero attached hydrogens (tertiary/aromatic N) is 1. The molecule has 0 radical (unpaired) electrons. The second-order valence-electron chi connectivity index (χ2n) is 6.10. The molecule has 20 heavy (non-hydrogen) atoms. The minimum Gasteiger partial charge on any atom is -0.406 e. The molecular weight excluding hydrogens is 270 g/mol. The highest BCUT2D eigenvalue weighted by atomic mass is 35.5. The summed E-state index contributed by atoms with van der Waals surface area (Å²) in [6.45, 7) is 2.10. The third-order valence-corrected chi connectivity index (χ3v) is 4.79. The summed E-state index contributed by atoms with van der Waals surface area (Å²) in [5, 5.41) is 2.95. The van der Waals surface area contributed by atoms with Gasteiger partial charge in [0.1, 0.15) is 0 Å². The number of halogens is 1. The van der Waals surface area contributed by atoms with Gasteiger partial charge in [-0.05, 0) is 49.8 Å². The highest BCUT2D eigenvalue weighted by Crippen LogP contribution is 2.39. The number of hydrogen-bond acceptors (Lipinski definition) is 2. The number of benzene rings is 1. The van der Waals surface area contributed by atoms with Gasteiger partial charge in [-0.25, -0.2) is 0 Å². The van der Waals surface area contributed by atoms with E-state index in [1.54, 1.807) is 0 Å². The molecule has 0 N–H and O–H groups in total. The molecule has 0 bridgehead atoms. The third kappa shape index (κ3) is 3.48. The lowest BCUT2D eigenvalue weighted by Crippen LogP contribution is -2.33. The molecule has 0 unspecified atom stereocenters. The van der Waals surface area contributed by atoms with Gasteiger partial charge in [0.15, 0.2) is 5.75 Å². The summed E-state index contributed by atoms with van der Waals surface area (Å²) in [4.78, 5) is 6.17. The van der Waals surface area contributed by atoms with Crippen LogP contribution in [0.4, 0.5) is 0 Å². The smallest absolute Gasteiger partial charge is 0.151 e. The average molecular weight is 294 g/mol. The molecule has 1 saturated carbocycles. The molecule has 2 fully saturated rings. The van der Waals surface area contributed by atoms with Gasteiger partial charge in [-0.3, -0.25) is 0 Å². The van der Waals surface area contributed by atoms with Crippen molar-refractivity contribution in [1.29, 1.82) is 0 Å². The van der Waals surface area contributed by atoms with Crippen molar-refractivity contribution in [2.75, 3.05) is 13.1 Å². The van der Waals surface area contributed by atoms with Crippen molar-refractivity contribution in [2.45, 2.75) is 57.3 Å². The van der Waals surface area contributed by atoms with Crippen LogP contribution in [0.15, 0.2) is 18.2 Å². The maximum atomic E-state index is 6.21. The summed E-state index contributed by atoms with van der Waals surface area (Å²) < 4.78 is 0. The van der Waals surface area contributed by atoms with Gasteiger partial charge in [0.25, 0.3) is 0 Å². The van der Waals surface area contributed by atoms with Crippen LogP contribution in [0, 0.1) is 0 Å². The Bertz CT molecular complexity index is 437. The van der Waals surface area contributed by atoms with Crippen molar-refractivity contribution >= 4 is 11.6 Å². The van der Waals surface area contributed by atoms with Crippen molar-refractivity contribution in [3.8, 4) is 5.75 Å². The van der Waals surface area contributed by atoms with E-state index in [2.05, 4.69) is 17.2 Å². The highest BCUT2D eigenvalue weighted by Gasteiger charge is 2.21. The van der Waals surface area contributed by atoms with Crippen molar-refractivity contribution in [1.82, 2.24) is 5.06 Å². The minimum absolute atomic E-state index is 0.627. The van der Waals surface area contributed by atoms with Crippen molar-refractivity contribution in [3.63, 3.8) is 0 Å². The Morgan fingerprint density at radius 2 is 1.65 bits per heavy atom. The van der Waals surface area contributed by atoms with E-state index in [0.29, 0.717) is 5.92 Å². The molecule has 3 heteroatoms. The summed E-state index contributed by atoms with van der Waals surface area (Å²) in [6.07, 6.45) is 10.4. The molecule has 1 aliphatic carbocycles. The molecule has 0 aromatic heterocycles. The van der Waals surface area contributed by atoms with E-state index in [4.69, 9.17) is 16.4 Å². The Kier molecular flexibility index (Phi) is 4.85. The lowest BCUT2D eigenvalue weighted by atomic mass is 9.84. The average Bonchev–Trinajstić information content (AvgIpc) is 2.51. The maximum absolute atomic E-state index is 6.21. The predicted molar refractivity (Wildman–Crippen MR) is 83.3 cm³/mol. The highest BCUT2D eigenvalue weighted by molar-refractivity contribution is 6.30. The summed E-state index contributed by atoms with van der Waals surface area (Å²) >= 11 is 6.21. The van der Waals surface area contributed by atoms with Crippen molar-refractivity contribution < 1.29 is 4.84 Å². The molecule has 1 aliphatic heterocycles. The van der Waals surface area contributed by atoms with Gasteiger partial charge in [0, 0.05) is 23.7 Å². The zero-order valence-electron chi connectivity index (χ0n) is 12.1. The zero-order valence-corrected chi connectivity index (χ0v) is 12.9. The predicted octanol–water partition coefficient (Wildman–Crippen LogP) is 5.17. The molecule has 2 aliphatic rings. The quantitative estimate of drug-likeness (QED) is 0.762. The van der Waals surface area contributed by atoms with Crippen LogP contribution >= 0.6 is 11.6 Å². The second kappa shape index (κ2) is 6.82. The van der Waals surface area contributed by atoms with Crippen molar-refractivity contribution in [3.05, 3.63) is 28.8 Å². The lowest BCUT2D eigenvalue weighted by Gasteiger charge is -2.29. The van der Waals surface area contributed by atoms with Gasteiger partial charge in [-0.15, -0.1) is 5.06 Å². The molecule has 0 amide bonds. The van der Waals surface area contributed by atoms with Crippen LogP contribution in [-0.4, -0.2) is 18.2 Å². The Labute approximate surface area is 127 Å². The first-order valence-corrected chi connectivity index (χ1v) is 8.43. The number of hydroxylamine groups is 2. The van der Waals surface area contributed by atoms with E-state index < -0.39 is 0 Å². The molecule has 3 rings (SSSR count). The van der Waals surface area contributed by atoms with Crippen LogP contribution in [0.3, 0.4) is 0 Å². The first kappa shape index (κ1) is 14.2. The van der Waals surface area contributed by atoms with Crippen LogP contribution in [0.25, 0.3) is 0 Å². The van der Waals surface area contributed by atoms with E-state index in [0.717, 1.165) is 23.9 Å². The number of hydrogen-bond donors (Lipinski definition) is 0. The SMILES string of the molecule is Clc1ccc(ON2CCCCC2)c(C2CCCCC2)c1. The van der Waals surface area contributed by atoms with E-state index in [9.17, 15) is 0 Å². The van der Waals surface area contributed by atoms with E-state index >= 15 is 0 Å². The monoisotopic (exact) mass is 293 g/mol. The summed E-state index contributed by atoms with van der Waals surface area (Å²) in [5.74, 6) is 1.66. The Balaban J connectivity index is 1.77. The normalized spacial score (nSPS) is 21.9. The summed E-state index contributed by atoms with van der Waals surface area (Å²) in [6, 6.07) is 6.13. The zero-order chi connectivity index (χ0) is 13.8. The van der Waals surface area contributed by atoms with Gasteiger partial charge >= 0.3 is 0 Å². The Morgan fingerprint density at radius 3 is 2.40 bits per heavy atom. The van der Waals surface area contributed by atoms with Crippen molar-refractivity contribution in [2.24, 2.45) is 0 Å². The molecule has 0 atom stereocenters. The number of piperidine rings is 1. The fourth-order valence-corrected chi connectivity index (χ4v) is 3.61. The third-order valence-electron chi connectivity index (χ3n) is 4.56. The fraction of sp³-hybridized carbons (Fsp3) is 0.647. The molecule has 2 nitrogen and oxygen atoms in total. The molecule has 1 heterocycles. The molecule has 110 valence electrons. The van der Waals surface area contributed by atoms with Gasteiger partial charge in [0.2, 0.25) is 0 Å². The van der Waals surface area contributed by atoms with Gasteiger partial charge in [-0.1, -0.05) is 37.3 Å². The van der Waals surface area contributed by atoms with Crippen LogP contribution in [-0.2, 0) is 0 Å². The van der Waals surface area contributed by atoms with E-state index in [1.807, 2.05) is 6.07 Å². The van der Waals surface area contributed by atoms with Crippen LogP contribution < -0.4 is 4.84 Å². The molecule has 1 aromatic carbocycles. The van der Waals surface area contributed by atoms with E-state index in [1.165, 1.54) is 56.9 Å². The molecule has 1 saturated heterocycles. The fourth-order valence-electron chi connectivity index (χ4n) is 3.43. The largest absolute Gasteiger partial charge is 0.406 e. The summed E-state index contributed by atoms with van der Waals surface area (Å²) in [5.41, 5.74) is 1.32. The number of rotatable bonds is 3. The Morgan fingerprint density at radius 1 is 0.950 bits per heavy atom. The molecule has 1 aromatic rings. The molecular formula is C17H24ClNO. The second-order valence-corrected chi connectivity index (χ2v) is 6.53. The lowest BCUT2D eigenvalue weighted by molar-refractivity contribution is -0.0730. The van der Waals surface area contributed by atoms with Gasteiger partial charge in [-0.2, -0.15) is 0 Å². The van der Waals surface area contributed by atoms with Crippen LogP contribution in [0.2, 0.25) is 5.02 Å². The topological polar surface area (TPSA) is 12.5 Å².